The van der Waals surface area contributed by atoms with Crippen LogP contribution in [-0.2, 0) is 4.74 Å². The van der Waals surface area contributed by atoms with Crippen LogP contribution in [0.1, 0.15) is 71.0 Å². The van der Waals surface area contributed by atoms with Gasteiger partial charge in [0.2, 0.25) is 0 Å². The Hall–Kier alpha value is -3.32. The third-order valence-corrected chi connectivity index (χ3v) is 5.81. The number of aryl methyl sites for hydroxylation is 1. The van der Waals surface area contributed by atoms with E-state index in [1.54, 1.807) is 24.0 Å². The van der Waals surface area contributed by atoms with Gasteiger partial charge in [-0.25, -0.2) is 8.78 Å². The summed E-state index contributed by atoms with van der Waals surface area (Å²) in [6.07, 6.45) is 3.84. The van der Waals surface area contributed by atoms with Crippen molar-refractivity contribution in [2.75, 3.05) is 26.3 Å². The molecule has 0 fully saturated rings. The molecule has 0 radical (unpaired) electrons. The van der Waals surface area contributed by atoms with Crippen molar-refractivity contribution in [3.05, 3.63) is 70.3 Å². The van der Waals surface area contributed by atoms with Gasteiger partial charge in [-0.05, 0) is 61.2 Å². The predicted octanol–water partition coefficient (Wildman–Crippen LogP) is 3.77. The fourth-order valence-electron chi connectivity index (χ4n) is 4.08. The minimum Gasteiger partial charge on any atom is -0.388 e. The number of carbonyl (C=O) groups excluding carboxylic acids is 2. The smallest absolute Gasteiger partial charge is 0.253 e. The van der Waals surface area contributed by atoms with Gasteiger partial charge in [0.25, 0.3) is 11.8 Å². The quantitative estimate of drug-likeness (QED) is 0.255. The molecule has 0 saturated heterocycles. The van der Waals surface area contributed by atoms with E-state index >= 15 is 0 Å². The maximum atomic E-state index is 14.0. The van der Waals surface area contributed by atoms with Gasteiger partial charge in [0, 0.05) is 36.7 Å². The number of ether oxygens (including phenoxy) is 1. The average molecular weight is 531 g/mol. The number of halogens is 2. The summed E-state index contributed by atoms with van der Waals surface area (Å²) in [7, 11) is 0. The van der Waals surface area contributed by atoms with Gasteiger partial charge in [-0.3, -0.25) is 9.59 Å². The minimum atomic E-state index is -1.68. The Morgan fingerprint density at radius 3 is 2.21 bits per heavy atom. The second kappa shape index (κ2) is 15.2. The largest absolute Gasteiger partial charge is 0.388 e. The van der Waals surface area contributed by atoms with Gasteiger partial charge in [-0.15, -0.1) is 12.3 Å². The number of terminal acetylenes is 1. The second-order valence-corrected chi connectivity index (χ2v) is 9.12. The van der Waals surface area contributed by atoms with Crippen molar-refractivity contribution in [3.8, 4) is 12.3 Å². The van der Waals surface area contributed by atoms with Crippen LogP contribution in [0.2, 0.25) is 0 Å². The highest BCUT2D eigenvalue weighted by molar-refractivity contribution is 6.00. The molecule has 0 aliphatic rings. The van der Waals surface area contributed by atoms with Crippen molar-refractivity contribution in [2.45, 2.75) is 58.3 Å². The molecule has 2 amide bonds. The Morgan fingerprint density at radius 1 is 1.03 bits per heavy atom. The Kier molecular flexibility index (Phi) is 12.3. The number of nitrogens with one attached hydrogen (secondary N) is 1. The van der Waals surface area contributed by atoms with Gasteiger partial charge in [0.1, 0.15) is 23.8 Å². The lowest BCUT2D eigenvalue weighted by Crippen LogP contribution is -2.44. The molecule has 3 N–H and O–H groups in total. The lowest BCUT2D eigenvalue weighted by atomic mass is 9.96. The van der Waals surface area contributed by atoms with Crippen LogP contribution in [0, 0.1) is 30.9 Å². The molecule has 7 nitrogen and oxygen atoms in total. The number of rotatable bonds is 14. The summed E-state index contributed by atoms with van der Waals surface area (Å²) < 4.78 is 33.3. The van der Waals surface area contributed by atoms with E-state index < -0.39 is 35.8 Å². The Morgan fingerprint density at radius 2 is 1.63 bits per heavy atom. The number of hydrogen-bond acceptors (Lipinski definition) is 5. The number of benzene rings is 2. The first-order valence-electron chi connectivity index (χ1n) is 12.7. The van der Waals surface area contributed by atoms with E-state index in [1.807, 2.05) is 13.8 Å². The molecule has 0 aromatic heterocycles. The van der Waals surface area contributed by atoms with Crippen LogP contribution >= 0.6 is 0 Å². The van der Waals surface area contributed by atoms with Gasteiger partial charge >= 0.3 is 0 Å². The lowest BCUT2D eigenvalue weighted by Gasteiger charge is -2.28. The molecule has 2 rings (SSSR count). The number of aliphatic hydroxyl groups is 2. The molecule has 2 aromatic carbocycles. The van der Waals surface area contributed by atoms with Gasteiger partial charge in [-0.1, -0.05) is 13.8 Å². The molecular formula is C29H36F2N2O5. The molecule has 38 heavy (non-hydrogen) atoms. The van der Waals surface area contributed by atoms with Crippen LogP contribution in [0.4, 0.5) is 8.78 Å². The summed E-state index contributed by atoms with van der Waals surface area (Å²) in [5.74, 6) is -0.366. The van der Waals surface area contributed by atoms with E-state index in [1.165, 1.54) is 6.07 Å². The zero-order valence-corrected chi connectivity index (χ0v) is 22.0. The van der Waals surface area contributed by atoms with Crippen molar-refractivity contribution in [3.63, 3.8) is 0 Å². The second-order valence-electron chi connectivity index (χ2n) is 9.12. The maximum absolute atomic E-state index is 14.0. The molecular weight excluding hydrogens is 494 g/mol. The molecule has 0 aliphatic heterocycles. The predicted molar refractivity (Wildman–Crippen MR) is 141 cm³/mol. The van der Waals surface area contributed by atoms with E-state index in [4.69, 9.17) is 11.2 Å². The number of amides is 2. The van der Waals surface area contributed by atoms with Crippen molar-refractivity contribution >= 4 is 11.8 Å². The molecule has 0 saturated carbocycles. The highest BCUT2D eigenvalue weighted by Gasteiger charge is 2.31. The summed E-state index contributed by atoms with van der Waals surface area (Å²) in [5, 5.41) is 23.9. The Balaban J connectivity index is 2.36. The van der Waals surface area contributed by atoms with Crippen molar-refractivity contribution in [2.24, 2.45) is 0 Å². The molecule has 0 spiro atoms. The number of carbonyl (C=O) groups is 2. The summed E-state index contributed by atoms with van der Waals surface area (Å²) in [6.45, 7) is 6.65. The summed E-state index contributed by atoms with van der Waals surface area (Å²) in [4.78, 5) is 28.1. The molecule has 0 heterocycles. The molecule has 0 aliphatic carbocycles. The lowest BCUT2D eigenvalue weighted by molar-refractivity contribution is -0.0505. The first-order chi connectivity index (χ1) is 18.1. The molecule has 206 valence electrons. The topological polar surface area (TPSA) is 99.1 Å². The molecule has 9 heteroatoms. The summed E-state index contributed by atoms with van der Waals surface area (Å²) >= 11 is 0. The summed E-state index contributed by atoms with van der Waals surface area (Å²) in [6, 6.07) is 5.87. The Labute approximate surface area is 222 Å². The first kappa shape index (κ1) is 30.9. The van der Waals surface area contributed by atoms with Gasteiger partial charge in [0.05, 0.1) is 19.3 Å². The highest BCUT2D eigenvalue weighted by atomic mass is 19.1. The van der Waals surface area contributed by atoms with E-state index in [2.05, 4.69) is 11.2 Å². The number of hydrogen-bond donors (Lipinski definition) is 3. The minimum absolute atomic E-state index is 0.0907. The molecule has 2 aromatic rings. The van der Waals surface area contributed by atoms with Gasteiger partial charge in [-0.2, -0.15) is 0 Å². The number of aliphatic hydroxyl groups excluding tert-OH is 2. The zero-order chi connectivity index (χ0) is 28.2. The van der Waals surface area contributed by atoms with Gasteiger partial charge in [0.15, 0.2) is 0 Å². The van der Waals surface area contributed by atoms with E-state index in [0.717, 1.165) is 25.0 Å². The van der Waals surface area contributed by atoms with Crippen molar-refractivity contribution < 1.29 is 33.3 Å². The third kappa shape index (κ3) is 8.91. The normalized spacial score (nSPS) is 13.3. The van der Waals surface area contributed by atoms with Crippen LogP contribution < -0.4 is 5.32 Å². The standard InChI is InChI=1S/C29H36F2N2O5/c1-5-8-11-38-18-25(34)27(35)26(20-15-23(30)17-24(31)16-20)32-28(36)21-12-19(4)13-22(14-21)29(37)33(9-6-2)10-7-3/h1,12-17,25-27,34-35H,6-11,18H2,2-4H3,(H,32,36)/t25?,26?,27-/m0/s1. The fourth-order valence-corrected chi connectivity index (χ4v) is 4.08. The third-order valence-electron chi connectivity index (χ3n) is 5.81. The van der Waals surface area contributed by atoms with Crippen LogP contribution in [0.5, 0.6) is 0 Å². The van der Waals surface area contributed by atoms with Gasteiger partial charge < -0.3 is 25.2 Å². The van der Waals surface area contributed by atoms with Crippen molar-refractivity contribution in [1.82, 2.24) is 10.2 Å². The van der Waals surface area contributed by atoms with E-state index in [-0.39, 0.29) is 30.2 Å². The zero-order valence-electron chi connectivity index (χ0n) is 22.0. The molecule has 2 unspecified atom stereocenters. The molecule has 3 atom stereocenters. The molecule has 0 bridgehead atoms. The van der Waals surface area contributed by atoms with Crippen LogP contribution in [0.25, 0.3) is 0 Å². The van der Waals surface area contributed by atoms with Crippen LogP contribution in [0.15, 0.2) is 36.4 Å². The van der Waals surface area contributed by atoms with E-state index in [0.29, 0.717) is 36.7 Å². The average Bonchev–Trinajstić information content (AvgIpc) is 2.87. The highest BCUT2D eigenvalue weighted by Crippen LogP contribution is 2.23. The van der Waals surface area contributed by atoms with Crippen LogP contribution in [0.3, 0.4) is 0 Å². The number of nitrogens with zero attached hydrogens (tertiary/aromatic N) is 1. The van der Waals surface area contributed by atoms with Crippen LogP contribution in [-0.4, -0.2) is 65.4 Å². The van der Waals surface area contributed by atoms with Crippen molar-refractivity contribution in [1.29, 1.82) is 0 Å². The summed E-state index contributed by atoms with van der Waals surface area (Å²) in [5.41, 5.74) is 1.01. The maximum Gasteiger partial charge on any atom is 0.253 e. The monoisotopic (exact) mass is 530 g/mol. The fraction of sp³-hybridized carbons (Fsp3) is 0.448. The first-order valence-corrected chi connectivity index (χ1v) is 12.7. The SMILES string of the molecule is C#CCCOCC(O)[C@H](O)C(NC(=O)c1cc(C)cc(C(=O)N(CCC)CCC)c1)c1cc(F)cc(F)c1. The Bertz CT molecular complexity index is 1110. The van der Waals surface area contributed by atoms with E-state index in [9.17, 15) is 28.6 Å².